The van der Waals surface area contributed by atoms with E-state index in [1.165, 1.54) is 0 Å². The van der Waals surface area contributed by atoms with E-state index in [2.05, 4.69) is 0 Å². The molecule has 0 bridgehead atoms. The molecule has 0 spiro atoms. The number of rotatable bonds is 3. The molecular weight excluding hydrogens is 168 g/mol. The summed E-state index contributed by atoms with van der Waals surface area (Å²) in [7, 11) is 0. The first-order chi connectivity index (χ1) is 6.25. The molecule has 0 aliphatic carbocycles. The maximum atomic E-state index is 11.3. The molecule has 1 aromatic carbocycles. The molecule has 4 N–H and O–H groups in total. The zero-order valence-corrected chi connectivity index (χ0v) is 7.19. The Morgan fingerprint density at radius 1 is 1.38 bits per heavy atom. The van der Waals surface area contributed by atoms with E-state index in [1.807, 2.05) is 0 Å². The summed E-state index contributed by atoms with van der Waals surface area (Å²) in [5.74, 6) is -0.427. The average Bonchev–Trinajstić information content (AvgIpc) is 2.15. The van der Waals surface area contributed by atoms with Crippen molar-refractivity contribution in [3.05, 3.63) is 29.8 Å². The second-order valence-electron chi connectivity index (χ2n) is 2.51. The van der Waals surface area contributed by atoms with E-state index in [0.717, 1.165) is 0 Å². The van der Waals surface area contributed by atoms with E-state index in [4.69, 9.17) is 16.2 Å². The molecule has 0 saturated carbocycles. The van der Waals surface area contributed by atoms with Gasteiger partial charge < -0.3 is 16.2 Å². The maximum Gasteiger partial charge on any atom is 0.340 e. The number of para-hydroxylation sites is 1. The molecule has 0 aromatic heterocycles. The van der Waals surface area contributed by atoms with Gasteiger partial charge in [-0.2, -0.15) is 0 Å². The highest BCUT2D eigenvalue weighted by Gasteiger charge is 2.08. The summed E-state index contributed by atoms with van der Waals surface area (Å²) >= 11 is 0. The summed E-state index contributed by atoms with van der Waals surface area (Å²) in [6, 6.07) is 6.76. The summed E-state index contributed by atoms with van der Waals surface area (Å²) in [6.45, 7) is 0.533. The van der Waals surface area contributed by atoms with Gasteiger partial charge in [0.1, 0.15) is 6.61 Å². The molecule has 4 nitrogen and oxygen atoms in total. The molecule has 4 heteroatoms. The van der Waals surface area contributed by atoms with E-state index in [1.54, 1.807) is 24.3 Å². The molecule has 70 valence electrons. The van der Waals surface area contributed by atoms with E-state index in [9.17, 15) is 4.79 Å². The molecule has 0 aliphatic rings. The molecule has 13 heavy (non-hydrogen) atoms. The molecule has 0 fully saturated rings. The zero-order valence-electron chi connectivity index (χ0n) is 7.19. The van der Waals surface area contributed by atoms with Gasteiger partial charge >= 0.3 is 5.97 Å². The number of nitrogens with two attached hydrogens (primary N) is 2. The van der Waals surface area contributed by atoms with Crippen LogP contribution in [0.3, 0.4) is 0 Å². The number of carbonyl (C=O) groups is 1. The molecule has 0 saturated heterocycles. The van der Waals surface area contributed by atoms with Crippen molar-refractivity contribution in [3.8, 4) is 0 Å². The van der Waals surface area contributed by atoms with Crippen LogP contribution in [0.1, 0.15) is 10.4 Å². The summed E-state index contributed by atoms with van der Waals surface area (Å²) in [4.78, 5) is 11.3. The number of esters is 1. The van der Waals surface area contributed by atoms with Gasteiger partial charge in [-0.1, -0.05) is 12.1 Å². The molecular formula is C9H12N2O2. The Bertz CT molecular complexity index is 299. The van der Waals surface area contributed by atoms with Crippen LogP contribution in [0.4, 0.5) is 5.69 Å². The molecule has 1 rings (SSSR count). The Kier molecular flexibility index (Phi) is 3.28. The van der Waals surface area contributed by atoms with Crippen molar-refractivity contribution in [2.75, 3.05) is 18.9 Å². The van der Waals surface area contributed by atoms with Crippen molar-refractivity contribution in [2.45, 2.75) is 0 Å². The standard InChI is InChI=1S/C9H12N2O2/c10-5-6-13-9(12)7-3-1-2-4-8(7)11/h1-4H,5-6,10-11H2. The van der Waals surface area contributed by atoms with Crippen LogP contribution in [0.5, 0.6) is 0 Å². The monoisotopic (exact) mass is 180 g/mol. The van der Waals surface area contributed by atoms with Crippen LogP contribution in [0.15, 0.2) is 24.3 Å². The fourth-order valence-corrected chi connectivity index (χ4v) is 0.912. The first-order valence-corrected chi connectivity index (χ1v) is 3.97. The van der Waals surface area contributed by atoms with Crippen molar-refractivity contribution in [1.29, 1.82) is 0 Å². The second kappa shape index (κ2) is 4.47. The third-order valence-corrected chi connectivity index (χ3v) is 1.53. The summed E-state index contributed by atoms with van der Waals surface area (Å²) in [5, 5.41) is 0. The number of anilines is 1. The van der Waals surface area contributed by atoms with Gasteiger partial charge in [0.2, 0.25) is 0 Å². The van der Waals surface area contributed by atoms with Crippen LogP contribution < -0.4 is 11.5 Å². The number of carbonyl (C=O) groups excluding carboxylic acids is 1. The van der Waals surface area contributed by atoms with Gasteiger partial charge in [0.05, 0.1) is 5.56 Å². The predicted octanol–water partition coefficient (Wildman–Crippen LogP) is 0.384. The lowest BCUT2D eigenvalue weighted by molar-refractivity contribution is 0.0518. The number of hydrogen-bond donors (Lipinski definition) is 2. The van der Waals surface area contributed by atoms with Crippen molar-refractivity contribution < 1.29 is 9.53 Å². The highest BCUT2D eigenvalue weighted by molar-refractivity contribution is 5.94. The van der Waals surface area contributed by atoms with Crippen LogP contribution in [0, 0.1) is 0 Å². The lowest BCUT2D eigenvalue weighted by atomic mass is 10.2. The first-order valence-electron chi connectivity index (χ1n) is 3.97. The number of nitrogen functional groups attached to an aromatic ring is 1. The van der Waals surface area contributed by atoms with E-state index < -0.39 is 5.97 Å². The molecule has 0 atom stereocenters. The van der Waals surface area contributed by atoms with E-state index in [-0.39, 0.29) is 6.61 Å². The van der Waals surface area contributed by atoms with Crippen LogP contribution in [0.25, 0.3) is 0 Å². The third-order valence-electron chi connectivity index (χ3n) is 1.53. The van der Waals surface area contributed by atoms with Crippen molar-refractivity contribution in [2.24, 2.45) is 5.73 Å². The van der Waals surface area contributed by atoms with Crippen molar-refractivity contribution in [3.63, 3.8) is 0 Å². The number of hydrogen-bond acceptors (Lipinski definition) is 4. The molecule has 0 heterocycles. The lowest BCUT2D eigenvalue weighted by Crippen LogP contribution is -2.14. The largest absolute Gasteiger partial charge is 0.461 e. The molecule has 0 amide bonds. The Morgan fingerprint density at radius 2 is 2.08 bits per heavy atom. The summed E-state index contributed by atoms with van der Waals surface area (Å²) < 4.78 is 4.81. The zero-order chi connectivity index (χ0) is 9.68. The minimum Gasteiger partial charge on any atom is -0.461 e. The van der Waals surface area contributed by atoms with Gasteiger partial charge in [-0.25, -0.2) is 4.79 Å². The predicted molar refractivity (Wildman–Crippen MR) is 50.2 cm³/mol. The fraction of sp³-hybridized carbons (Fsp3) is 0.222. The highest BCUT2D eigenvalue weighted by atomic mass is 16.5. The van der Waals surface area contributed by atoms with Crippen LogP contribution in [-0.4, -0.2) is 19.1 Å². The summed E-state index contributed by atoms with van der Waals surface area (Å²) in [5.41, 5.74) is 11.6. The van der Waals surface area contributed by atoms with Gasteiger partial charge in [-0.05, 0) is 12.1 Å². The van der Waals surface area contributed by atoms with Crippen molar-refractivity contribution >= 4 is 11.7 Å². The minimum atomic E-state index is -0.427. The maximum absolute atomic E-state index is 11.3. The van der Waals surface area contributed by atoms with Crippen molar-refractivity contribution in [1.82, 2.24) is 0 Å². The van der Waals surface area contributed by atoms with Gasteiger partial charge in [-0.15, -0.1) is 0 Å². The second-order valence-corrected chi connectivity index (χ2v) is 2.51. The normalized spacial score (nSPS) is 9.62. The summed E-state index contributed by atoms with van der Waals surface area (Å²) in [6.07, 6.45) is 0. The SMILES string of the molecule is NCCOC(=O)c1ccccc1N. The Hall–Kier alpha value is -1.55. The number of ether oxygens (including phenoxy) is 1. The van der Waals surface area contributed by atoms with Gasteiger partial charge in [0.15, 0.2) is 0 Å². The first kappa shape index (κ1) is 9.54. The minimum absolute atomic E-state index is 0.215. The van der Waals surface area contributed by atoms with Gasteiger partial charge in [0, 0.05) is 12.2 Å². The molecule has 1 aromatic rings. The van der Waals surface area contributed by atoms with E-state index in [0.29, 0.717) is 17.8 Å². The molecule has 0 radical (unpaired) electrons. The topological polar surface area (TPSA) is 78.3 Å². The van der Waals surface area contributed by atoms with Gasteiger partial charge in [0.25, 0.3) is 0 Å². The quantitative estimate of drug-likeness (QED) is 0.520. The van der Waals surface area contributed by atoms with Crippen LogP contribution >= 0.6 is 0 Å². The Labute approximate surface area is 76.5 Å². The fourth-order valence-electron chi connectivity index (χ4n) is 0.912. The molecule has 0 unspecified atom stereocenters. The van der Waals surface area contributed by atoms with E-state index >= 15 is 0 Å². The Morgan fingerprint density at radius 3 is 2.69 bits per heavy atom. The molecule has 0 aliphatic heterocycles. The highest BCUT2D eigenvalue weighted by Crippen LogP contribution is 2.11. The smallest absolute Gasteiger partial charge is 0.340 e. The van der Waals surface area contributed by atoms with Crippen LogP contribution in [0.2, 0.25) is 0 Å². The Balaban J connectivity index is 2.71. The van der Waals surface area contributed by atoms with Gasteiger partial charge in [-0.3, -0.25) is 0 Å². The average molecular weight is 180 g/mol. The number of benzene rings is 1. The lowest BCUT2D eigenvalue weighted by Gasteiger charge is -2.04. The van der Waals surface area contributed by atoms with Crippen LogP contribution in [-0.2, 0) is 4.74 Å². The third kappa shape index (κ3) is 2.45.